The average Bonchev–Trinajstić information content (AvgIpc) is 3.20. The van der Waals surface area contributed by atoms with Gasteiger partial charge in [-0.25, -0.2) is 0 Å². The number of carbonyl (C=O) groups is 3. The fourth-order valence-corrected chi connectivity index (χ4v) is 2.86. The summed E-state index contributed by atoms with van der Waals surface area (Å²) < 4.78 is 10.3. The van der Waals surface area contributed by atoms with Gasteiger partial charge >= 0.3 is 0 Å². The van der Waals surface area contributed by atoms with Crippen molar-refractivity contribution in [2.75, 3.05) is 33.4 Å². The van der Waals surface area contributed by atoms with Crippen molar-refractivity contribution in [1.29, 1.82) is 0 Å². The standard InChI is InChI=1S/C19H21Cl2N3O5/c1-28-8-6-24(12-14-3-2-7-29-14)18(26)11-22-17(25)10-23-19(27)15-5-4-13(20)9-16(15)21/h2-5,7,9H,6,8,10-12H2,1H3,(H,22,25)(H,23,27). The Morgan fingerprint density at radius 2 is 1.93 bits per heavy atom. The van der Waals surface area contributed by atoms with Crippen molar-refractivity contribution in [2.24, 2.45) is 0 Å². The van der Waals surface area contributed by atoms with Crippen LogP contribution in [0.2, 0.25) is 10.0 Å². The first-order valence-electron chi connectivity index (χ1n) is 8.69. The molecule has 1 aromatic heterocycles. The van der Waals surface area contributed by atoms with Gasteiger partial charge in [-0.1, -0.05) is 23.2 Å². The van der Waals surface area contributed by atoms with Gasteiger partial charge in [-0.2, -0.15) is 0 Å². The summed E-state index contributed by atoms with van der Waals surface area (Å²) in [6.07, 6.45) is 1.52. The third kappa shape index (κ3) is 7.41. The maximum absolute atomic E-state index is 12.4. The Bertz CT molecular complexity index is 842. The summed E-state index contributed by atoms with van der Waals surface area (Å²) in [5.41, 5.74) is 0.198. The molecule has 3 amide bonds. The van der Waals surface area contributed by atoms with Gasteiger partial charge in [0, 0.05) is 18.7 Å². The maximum Gasteiger partial charge on any atom is 0.253 e. The lowest BCUT2D eigenvalue weighted by Gasteiger charge is -2.21. The van der Waals surface area contributed by atoms with E-state index >= 15 is 0 Å². The molecular formula is C19H21Cl2N3O5. The van der Waals surface area contributed by atoms with Gasteiger partial charge in [0.25, 0.3) is 5.91 Å². The first kappa shape index (κ1) is 22.7. The number of halogens is 2. The summed E-state index contributed by atoms with van der Waals surface area (Å²) in [5, 5.41) is 5.50. The van der Waals surface area contributed by atoms with Gasteiger partial charge in [-0.15, -0.1) is 0 Å². The highest BCUT2D eigenvalue weighted by Gasteiger charge is 2.17. The van der Waals surface area contributed by atoms with E-state index in [0.29, 0.717) is 23.9 Å². The van der Waals surface area contributed by atoms with E-state index in [0.717, 1.165) is 0 Å². The third-order valence-electron chi connectivity index (χ3n) is 3.87. The quantitative estimate of drug-likeness (QED) is 0.587. The summed E-state index contributed by atoms with van der Waals surface area (Å²) >= 11 is 11.8. The Labute approximate surface area is 178 Å². The van der Waals surface area contributed by atoms with Gasteiger partial charge in [0.05, 0.1) is 43.1 Å². The number of hydrogen-bond donors (Lipinski definition) is 2. The number of amides is 3. The Morgan fingerprint density at radius 1 is 1.14 bits per heavy atom. The minimum atomic E-state index is -0.521. The summed E-state index contributed by atoms with van der Waals surface area (Å²) in [6, 6.07) is 7.90. The molecule has 8 nitrogen and oxygen atoms in total. The van der Waals surface area contributed by atoms with E-state index < -0.39 is 11.8 Å². The number of furan rings is 1. The van der Waals surface area contributed by atoms with Crippen molar-refractivity contribution in [3.8, 4) is 0 Å². The largest absolute Gasteiger partial charge is 0.467 e. The second-order valence-corrected chi connectivity index (χ2v) is 6.81. The monoisotopic (exact) mass is 441 g/mol. The van der Waals surface area contributed by atoms with Crippen LogP contribution in [0.5, 0.6) is 0 Å². The van der Waals surface area contributed by atoms with Crippen molar-refractivity contribution >= 4 is 40.9 Å². The molecule has 0 bridgehead atoms. The minimum Gasteiger partial charge on any atom is -0.467 e. The first-order valence-corrected chi connectivity index (χ1v) is 9.45. The van der Waals surface area contributed by atoms with Gasteiger partial charge in [0.15, 0.2) is 0 Å². The van der Waals surface area contributed by atoms with Crippen LogP contribution in [-0.4, -0.2) is 56.0 Å². The number of ether oxygens (including phenoxy) is 1. The topological polar surface area (TPSA) is 101 Å². The molecule has 0 spiro atoms. The summed E-state index contributed by atoms with van der Waals surface area (Å²) in [5.74, 6) is -0.721. The molecule has 2 rings (SSSR count). The normalized spacial score (nSPS) is 10.4. The first-order chi connectivity index (χ1) is 13.9. The molecule has 0 radical (unpaired) electrons. The molecule has 2 aromatic rings. The van der Waals surface area contributed by atoms with E-state index in [9.17, 15) is 14.4 Å². The molecule has 1 heterocycles. The molecule has 29 heavy (non-hydrogen) atoms. The van der Waals surface area contributed by atoms with Gasteiger partial charge in [0.1, 0.15) is 5.76 Å². The van der Waals surface area contributed by atoms with E-state index in [2.05, 4.69) is 10.6 Å². The van der Waals surface area contributed by atoms with Crippen LogP contribution in [0.1, 0.15) is 16.1 Å². The Hall–Kier alpha value is -2.55. The number of rotatable bonds is 10. The SMILES string of the molecule is COCCN(Cc1ccco1)C(=O)CNC(=O)CNC(=O)c1ccc(Cl)cc1Cl. The molecular weight excluding hydrogens is 421 g/mol. The van der Waals surface area contributed by atoms with E-state index in [1.54, 1.807) is 12.1 Å². The molecule has 0 saturated heterocycles. The molecule has 0 saturated carbocycles. The van der Waals surface area contributed by atoms with Gasteiger partial charge in [-0.3, -0.25) is 14.4 Å². The number of methoxy groups -OCH3 is 1. The average molecular weight is 442 g/mol. The fourth-order valence-electron chi connectivity index (χ4n) is 2.36. The predicted molar refractivity (Wildman–Crippen MR) is 108 cm³/mol. The zero-order valence-corrected chi connectivity index (χ0v) is 17.3. The van der Waals surface area contributed by atoms with Crippen molar-refractivity contribution in [1.82, 2.24) is 15.5 Å². The molecule has 0 atom stereocenters. The number of nitrogens with one attached hydrogen (secondary N) is 2. The second-order valence-electron chi connectivity index (χ2n) is 5.97. The maximum atomic E-state index is 12.4. The fraction of sp³-hybridized carbons (Fsp3) is 0.316. The van der Waals surface area contributed by atoms with Crippen molar-refractivity contribution in [2.45, 2.75) is 6.54 Å². The molecule has 0 aliphatic rings. The van der Waals surface area contributed by atoms with Crippen LogP contribution < -0.4 is 10.6 Å². The van der Waals surface area contributed by atoms with E-state index in [1.165, 1.54) is 36.5 Å². The number of benzene rings is 1. The van der Waals surface area contributed by atoms with Gasteiger partial charge in [0.2, 0.25) is 11.8 Å². The molecule has 0 aliphatic heterocycles. The molecule has 0 aliphatic carbocycles. The van der Waals surface area contributed by atoms with Crippen LogP contribution in [-0.2, 0) is 20.9 Å². The van der Waals surface area contributed by atoms with Crippen molar-refractivity contribution in [3.63, 3.8) is 0 Å². The van der Waals surface area contributed by atoms with E-state index in [1.807, 2.05) is 0 Å². The van der Waals surface area contributed by atoms with Crippen LogP contribution >= 0.6 is 23.2 Å². The summed E-state index contributed by atoms with van der Waals surface area (Å²) in [6.45, 7) is 0.426. The van der Waals surface area contributed by atoms with Crippen molar-refractivity contribution in [3.05, 3.63) is 58.0 Å². The van der Waals surface area contributed by atoms with E-state index in [4.69, 9.17) is 32.4 Å². The second kappa shape index (κ2) is 11.5. The molecule has 1 aromatic carbocycles. The van der Waals surface area contributed by atoms with Crippen LogP contribution in [0.3, 0.4) is 0 Å². The van der Waals surface area contributed by atoms with Crippen LogP contribution in [0.15, 0.2) is 41.0 Å². The highest BCUT2D eigenvalue weighted by Crippen LogP contribution is 2.20. The van der Waals surface area contributed by atoms with Crippen LogP contribution in [0, 0.1) is 0 Å². The zero-order valence-electron chi connectivity index (χ0n) is 15.7. The number of nitrogens with zero attached hydrogens (tertiary/aromatic N) is 1. The van der Waals surface area contributed by atoms with Crippen LogP contribution in [0.4, 0.5) is 0 Å². The lowest BCUT2D eigenvalue weighted by atomic mass is 10.2. The Morgan fingerprint density at radius 3 is 2.59 bits per heavy atom. The van der Waals surface area contributed by atoms with Gasteiger partial charge < -0.3 is 24.7 Å². The Kier molecular flexibility index (Phi) is 8.98. The smallest absolute Gasteiger partial charge is 0.253 e. The highest BCUT2D eigenvalue weighted by atomic mass is 35.5. The third-order valence-corrected chi connectivity index (χ3v) is 4.41. The molecule has 0 unspecified atom stereocenters. The predicted octanol–water partition coefficient (Wildman–Crippen LogP) is 2.11. The zero-order chi connectivity index (χ0) is 21.2. The van der Waals surface area contributed by atoms with E-state index in [-0.39, 0.29) is 36.1 Å². The molecule has 156 valence electrons. The number of hydrogen-bond acceptors (Lipinski definition) is 5. The Balaban J connectivity index is 1.81. The lowest BCUT2D eigenvalue weighted by molar-refractivity contribution is -0.133. The lowest BCUT2D eigenvalue weighted by Crippen LogP contribution is -2.44. The van der Waals surface area contributed by atoms with Gasteiger partial charge in [-0.05, 0) is 30.3 Å². The molecule has 2 N–H and O–H groups in total. The summed E-state index contributed by atoms with van der Waals surface area (Å²) in [7, 11) is 1.53. The molecule has 10 heteroatoms. The summed E-state index contributed by atoms with van der Waals surface area (Å²) in [4.78, 5) is 38.0. The highest BCUT2D eigenvalue weighted by molar-refractivity contribution is 6.36. The van der Waals surface area contributed by atoms with Crippen molar-refractivity contribution < 1.29 is 23.5 Å². The number of carbonyl (C=O) groups excluding carboxylic acids is 3. The molecule has 0 fully saturated rings. The minimum absolute atomic E-state index is 0.178. The van der Waals surface area contributed by atoms with Crippen LogP contribution in [0.25, 0.3) is 0 Å².